The first kappa shape index (κ1) is 28.0. The Bertz CT molecular complexity index is 1110. The molecule has 2 N–H and O–H groups in total. The minimum Gasteiger partial charge on any atom is -0.463 e. The van der Waals surface area contributed by atoms with Crippen LogP contribution >= 0.6 is 0 Å². The molecule has 2 aromatic rings. The van der Waals surface area contributed by atoms with Crippen molar-refractivity contribution in [3.8, 4) is 0 Å². The van der Waals surface area contributed by atoms with Crippen LogP contribution in [0.15, 0.2) is 59.8 Å². The summed E-state index contributed by atoms with van der Waals surface area (Å²) in [5, 5.41) is 5.89. The third-order valence-electron chi connectivity index (χ3n) is 6.61. The first-order chi connectivity index (χ1) is 17.9. The molecule has 0 bridgehead atoms. The van der Waals surface area contributed by atoms with Gasteiger partial charge in [0, 0.05) is 23.5 Å². The third kappa shape index (κ3) is 7.21. The normalized spacial score (nSPS) is 15.4. The molecule has 7 heteroatoms. The molecule has 1 aliphatic rings. The number of unbranched alkanes of at least 4 members (excludes halogenated alkanes) is 3. The topological polar surface area (TPSA) is 87.7 Å². The van der Waals surface area contributed by atoms with E-state index in [-0.39, 0.29) is 18.5 Å². The van der Waals surface area contributed by atoms with E-state index in [1.807, 2.05) is 36.4 Å². The van der Waals surface area contributed by atoms with Crippen LogP contribution in [0.25, 0.3) is 0 Å². The molecule has 7 nitrogen and oxygen atoms in total. The van der Waals surface area contributed by atoms with Crippen LogP contribution in [0.1, 0.15) is 87.3 Å². The van der Waals surface area contributed by atoms with E-state index in [4.69, 9.17) is 4.74 Å². The van der Waals surface area contributed by atoms with E-state index >= 15 is 0 Å². The van der Waals surface area contributed by atoms with Crippen molar-refractivity contribution in [1.29, 1.82) is 0 Å². The van der Waals surface area contributed by atoms with Crippen molar-refractivity contribution in [2.45, 2.75) is 72.3 Å². The standard InChI is InChI=1S/C30H39N3O4/c1-5-8-10-11-22-12-14-24(15-13-22)28(34)31-25-18-16-23(17-19-25)27-26(29(35)37-7-3)21(4)33(20-9-6-2)30(36)32-27/h12-19,27H,5-11,20H2,1-4H3,(H,31,34)(H,32,36). The smallest absolute Gasteiger partial charge is 0.338 e. The predicted octanol–water partition coefficient (Wildman–Crippen LogP) is 6.38. The van der Waals surface area contributed by atoms with Gasteiger partial charge in [-0.1, -0.05) is 57.4 Å². The summed E-state index contributed by atoms with van der Waals surface area (Å²) in [6.07, 6.45) is 6.33. The number of hydrogen-bond acceptors (Lipinski definition) is 4. The molecule has 37 heavy (non-hydrogen) atoms. The van der Waals surface area contributed by atoms with Gasteiger partial charge in [0.2, 0.25) is 0 Å². The number of rotatable bonds is 12. The minimum atomic E-state index is -0.630. The highest BCUT2D eigenvalue weighted by molar-refractivity contribution is 6.04. The summed E-state index contributed by atoms with van der Waals surface area (Å²) in [6.45, 7) is 8.57. The second-order valence-electron chi connectivity index (χ2n) is 9.34. The van der Waals surface area contributed by atoms with Gasteiger partial charge >= 0.3 is 12.0 Å². The fraction of sp³-hybridized carbons (Fsp3) is 0.433. The number of nitrogens with one attached hydrogen (secondary N) is 2. The third-order valence-corrected chi connectivity index (χ3v) is 6.61. The molecule has 3 rings (SSSR count). The van der Waals surface area contributed by atoms with Crippen molar-refractivity contribution >= 4 is 23.6 Å². The van der Waals surface area contributed by atoms with Crippen LogP contribution in [0.5, 0.6) is 0 Å². The summed E-state index contributed by atoms with van der Waals surface area (Å²) in [5.41, 5.74) is 4.23. The molecule has 0 spiro atoms. The lowest BCUT2D eigenvalue weighted by molar-refractivity contribution is -0.139. The molecule has 0 saturated carbocycles. The number of carbonyl (C=O) groups excluding carboxylic acids is 3. The lowest BCUT2D eigenvalue weighted by Gasteiger charge is -2.35. The summed E-state index contributed by atoms with van der Waals surface area (Å²) in [7, 11) is 0. The number of nitrogens with zero attached hydrogens (tertiary/aromatic N) is 1. The molecule has 0 aromatic heterocycles. The Morgan fingerprint density at radius 2 is 1.62 bits per heavy atom. The molecule has 0 radical (unpaired) electrons. The number of hydrogen-bond donors (Lipinski definition) is 2. The lowest BCUT2D eigenvalue weighted by atomic mass is 9.94. The van der Waals surface area contributed by atoms with Gasteiger partial charge in [-0.05, 0) is 68.5 Å². The zero-order valence-electron chi connectivity index (χ0n) is 22.4. The lowest BCUT2D eigenvalue weighted by Crippen LogP contribution is -2.48. The van der Waals surface area contributed by atoms with Gasteiger partial charge in [0.1, 0.15) is 0 Å². The molecular formula is C30H39N3O4. The maximum atomic E-state index is 12.9. The van der Waals surface area contributed by atoms with Gasteiger partial charge in [0.05, 0.1) is 18.2 Å². The highest BCUT2D eigenvalue weighted by Crippen LogP contribution is 2.32. The van der Waals surface area contributed by atoms with Crippen molar-refractivity contribution < 1.29 is 19.1 Å². The summed E-state index contributed by atoms with van der Waals surface area (Å²) in [5.74, 6) is -0.629. The minimum absolute atomic E-state index is 0.187. The number of amides is 3. The Balaban J connectivity index is 1.75. The van der Waals surface area contributed by atoms with E-state index in [1.54, 1.807) is 30.9 Å². The van der Waals surface area contributed by atoms with Gasteiger partial charge in [-0.2, -0.15) is 0 Å². The van der Waals surface area contributed by atoms with Gasteiger partial charge < -0.3 is 15.4 Å². The largest absolute Gasteiger partial charge is 0.463 e. The van der Waals surface area contributed by atoms with Crippen molar-refractivity contribution in [3.05, 3.63) is 76.5 Å². The summed E-state index contributed by atoms with van der Waals surface area (Å²) < 4.78 is 5.32. The zero-order valence-corrected chi connectivity index (χ0v) is 22.4. The number of urea groups is 1. The zero-order chi connectivity index (χ0) is 26.8. The average Bonchev–Trinajstić information content (AvgIpc) is 2.89. The van der Waals surface area contributed by atoms with E-state index < -0.39 is 12.0 Å². The Morgan fingerprint density at radius 3 is 2.24 bits per heavy atom. The van der Waals surface area contributed by atoms with Crippen molar-refractivity contribution in [2.24, 2.45) is 0 Å². The van der Waals surface area contributed by atoms with Crippen molar-refractivity contribution in [3.63, 3.8) is 0 Å². The Labute approximate surface area is 220 Å². The SMILES string of the molecule is CCCCCc1ccc(C(=O)Nc2ccc(C3NC(=O)N(CCCC)C(C)=C3C(=O)OCC)cc2)cc1. The summed E-state index contributed by atoms with van der Waals surface area (Å²) in [6, 6.07) is 14.0. The second kappa shape index (κ2) is 13.6. The Kier molecular flexibility index (Phi) is 10.3. The van der Waals surface area contributed by atoms with E-state index in [0.29, 0.717) is 29.1 Å². The molecule has 2 aromatic carbocycles. The molecular weight excluding hydrogens is 466 g/mol. The maximum absolute atomic E-state index is 12.9. The number of carbonyl (C=O) groups is 3. The highest BCUT2D eigenvalue weighted by atomic mass is 16.5. The quantitative estimate of drug-likeness (QED) is 0.259. The van der Waals surface area contributed by atoms with E-state index in [9.17, 15) is 14.4 Å². The molecule has 0 aliphatic carbocycles. The van der Waals surface area contributed by atoms with Gasteiger partial charge in [-0.25, -0.2) is 9.59 Å². The van der Waals surface area contributed by atoms with Gasteiger partial charge in [-0.3, -0.25) is 9.69 Å². The first-order valence-corrected chi connectivity index (χ1v) is 13.4. The Hall–Kier alpha value is -3.61. The van der Waals surface area contributed by atoms with Crippen LogP contribution in [0.4, 0.5) is 10.5 Å². The number of esters is 1. The van der Waals surface area contributed by atoms with Crippen LogP contribution in [-0.4, -0.2) is 36.0 Å². The number of ether oxygens (including phenoxy) is 1. The molecule has 1 unspecified atom stereocenters. The van der Waals surface area contributed by atoms with Crippen LogP contribution in [0.3, 0.4) is 0 Å². The predicted molar refractivity (Wildman–Crippen MR) is 146 cm³/mol. The maximum Gasteiger partial charge on any atom is 0.338 e. The first-order valence-electron chi connectivity index (χ1n) is 13.4. The van der Waals surface area contributed by atoms with Crippen LogP contribution < -0.4 is 10.6 Å². The summed E-state index contributed by atoms with van der Waals surface area (Å²) in [4.78, 5) is 40.1. The fourth-order valence-corrected chi connectivity index (χ4v) is 4.45. The van der Waals surface area contributed by atoms with Crippen LogP contribution in [-0.2, 0) is 16.0 Å². The van der Waals surface area contributed by atoms with Crippen molar-refractivity contribution in [2.75, 3.05) is 18.5 Å². The second-order valence-corrected chi connectivity index (χ2v) is 9.34. The monoisotopic (exact) mass is 505 g/mol. The van der Waals surface area contributed by atoms with Crippen LogP contribution in [0, 0.1) is 0 Å². The van der Waals surface area contributed by atoms with Gasteiger partial charge in [0.15, 0.2) is 0 Å². The average molecular weight is 506 g/mol. The van der Waals surface area contributed by atoms with Gasteiger partial charge in [-0.15, -0.1) is 0 Å². The molecule has 0 fully saturated rings. The molecule has 1 heterocycles. The van der Waals surface area contributed by atoms with E-state index in [0.717, 1.165) is 31.2 Å². The number of aryl methyl sites for hydroxylation is 1. The Morgan fingerprint density at radius 1 is 0.946 bits per heavy atom. The highest BCUT2D eigenvalue weighted by Gasteiger charge is 2.36. The number of allylic oxidation sites excluding steroid dienone is 1. The van der Waals surface area contributed by atoms with E-state index in [1.165, 1.54) is 18.4 Å². The fourth-order valence-electron chi connectivity index (χ4n) is 4.45. The van der Waals surface area contributed by atoms with Crippen LogP contribution in [0.2, 0.25) is 0 Å². The molecule has 198 valence electrons. The van der Waals surface area contributed by atoms with Crippen molar-refractivity contribution in [1.82, 2.24) is 10.2 Å². The summed E-state index contributed by atoms with van der Waals surface area (Å²) >= 11 is 0. The molecule has 1 atom stereocenters. The molecule has 0 saturated heterocycles. The van der Waals surface area contributed by atoms with E-state index in [2.05, 4.69) is 24.5 Å². The molecule has 3 amide bonds. The van der Waals surface area contributed by atoms with Gasteiger partial charge in [0.25, 0.3) is 5.91 Å². The molecule has 1 aliphatic heterocycles. The number of benzene rings is 2. The number of anilines is 1.